The highest BCUT2D eigenvalue weighted by Crippen LogP contribution is 2.32. The van der Waals surface area contributed by atoms with Crippen molar-refractivity contribution in [3.63, 3.8) is 0 Å². The summed E-state index contributed by atoms with van der Waals surface area (Å²) in [6.07, 6.45) is 4.07. The number of benzene rings is 1. The average Bonchev–Trinajstić information content (AvgIpc) is 2.29. The first-order valence-corrected chi connectivity index (χ1v) is 6.50. The van der Waals surface area contributed by atoms with E-state index in [-0.39, 0.29) is 6.42 Å². The maximum atomic E-state index is 11.1. The zero-order valence-electron chi connectivity index (χ0n) is 8.95. The van der Waals surface area contributed by atoms with E-state index in [2.05, 4.69) is 0 Å². The minimum absolute atomic E-state index is 0.160. The zero-order valence-corrected chi connectivity index (χ0v) is 9.76. The van der Waals surface area contributed by atoms with Gasteiger partial charge in [0.05, 0.1) is 0 Å². The molecule has 0 aliphatic heterocycles. The molecule has 0 fully saturated rings. The molecule has 4 nitrogen and oxygen atoms in total. The summed E-state index contributed by atoms with van der Waals surface area (Å²) in [6.45, 7) is 0. The first-order chi connectivity index (χ1) is 7.92. The lowest BCUT2D eigenvalue weighted by molar-refractivity contribution is 0.165. The minimum atomic E-state index is -4.54. The third-order valence-electron chi connectivity index (χ3n) is 2.69. The van der Waals surface area contributed by atoms with Crippen molar-refractivity contribution in [1.82, 2.24) is 0 Å². The molecule has 0 bridgehead atoms. The summed E-state index contributed by atoms with van der Waals surface area (Å²) in [5.41, 5.74) is 1.48. The van der Waals surface area contributed by atoms with Crippen molar-refractivity contribution >= 4 is 15.7 Å². The second kappa shape index (κ2) is 4.10. The first kappa shape index (κ1) is 12.0. The van der Waals surface area contributed by atoms with E-state index in [4.69, 9.17) is 4.55 Å². The van der Waals surface area contributed by atoms with Gasteiger partial charge in [-0.05, 0) is 17.2 Å². The molecule has 0 saturated heterocycles. The molecule has 1 aliphatic rings. The highest BCUT2D eigenvalue weighted by atomic mass is 32.2. The fourth-order valence-corrected chi connectivity index (χ4v) is 2.32. The second-order valence-corrected chi connectivity index (χ2v) is 5.57. The van der Waals surface area contributed by atoms with Crippen LogP contribution in [0.15, 0.2) is 48.6 Å². The van der Waals surface area contributed by atoms with Gasteiger partial charge in [0.1, 0.15) is 0 Å². The van der Waals surface area contributed by atoms with Gasteiger partial charge in [0.2, 0.25) is 4.93 Å². The molecule has 1 aromatic carbocycles. The van der Waals surface area contributed by atoms with E-state index in [1.165, 1.54) is 6.08 Å². The Morgan fingerprint density at radius 3 is 2.41 bits per heavy atom. The predicted molar refractivity (Wildman–Crippen MR) is 64.7 cm³/mol. The third-order valence-corrected chi connectivity index (χ3v) is 3.86. The van der Waals surface area contributed by atoms with Crippen LogP contribution in [-0.4, -0.2) is 23.0 Å². The fraction of sp³-hybridized carbons (Fsp3) is 0.167. The molecule has 2 rings (SSSR count). The van der Waals surface area contributed by atoms with Crippen molar-refractivity contribution in [3.8, 4) is 0 Å². The van der Waals surface area contributed by atoms with Crippen molar-refractivity contribution in [2.75, 3.05) is 0 Å². The van der Waals surface area contributed by atoms with Crippen LogP contribution in [0.25, 0.3) is 5.57 Å². The summed E-state index contributed by atoms with van der Waals surface area (Å²) >= 11 is 0. The number of hydrogen-bond acceptors (Lipinski definition) is 3. The van der Waals surface area contributed by atoms with E-state index in [1.54, 1.807) is 6.08 Å². The molecule has 1 aromatic rings. The van der Waals surface area contributed by atoms with E-state index in [9.17, 15) is 13.5 Å². The Labute approximate surface area is 99.7 Å². The Bertz CT molecular complexity index is 572. The number of hydrogen-bond donors (Lipinski definition) is 2. The van der Waals surface area contributed by atoms with E-state index in [0.717, 1.165) is 11.6 Å². The summed E-state index contributed by atoms with van der Waals surface area (Å²) in [5, 5.41) is 9.87. The third kappa shape index (κ3) is 2.31. The molecule has 5 heteroatoms. The second-order valence-electron chi connectivity index (χ2n) is 3.91. The normalized spacial score (nSPS) is 24.5. The molecule has 0 saturated carbocycles. The molecular formula is C12H12O4S. The minimum Gasteiger partial charge on any atom is -0.369 e. The lowest BCUT2D eigenvalue weighted by Crippen LogP contribution is -2.37. The number of rotatable bonds is 2. The topological polar surface area (TPSA) is 74.6 Å². The quantitative estimate of drug-likeness (QED) is 0.784. The molecule has 0 radical (unpaired) electrons. The van der Waals surface area contributed by atoms with Gasteiger partial charge in [-0.2, -0.15) is 8.42 Å². The van der Waals surface area contributed by atoms with Crippen LogP contribution in [0.2, 0.25) is 0 Å². The Morgan fingerprint density at radius 1 is 1.18 bits per heavy atom. The van der Waals surface area contributed by atoms with Gasteiger partial charge < -0.3 is 5.11 Å². The van der Waals surface area contributed by atoms with Crippen molar-refractivity contribution in [1.29, 1.82) is 0 Å². The molecule has 0 aromatic heterocycles. The monoisotopic (exact) mass is 252 g/mol. The molecule has 0 amide bonds. The van der Waals surface area contributed by atoms with Crippen molar-refractivity contribution < 1.29 is 18.1 Å². The van der Waals surface area contributed by atoms with Crippen molar-refractivity contribution in [3.05, 3.63) is 54.1 Å². The summed E-state index contributed by atoms with van der Waals surface area (Å²) in [4.78, 5) is -2.23. The van der Waals surface area contributed by atoms with Crippen LogP contribution in [0, 0.1) is 0 Å². The summed E-state index contributed by atoms with van der Waals surface area (Å²) in [7, 11) is -4.54. The smallest absolute Gasteiger partial charge is 0.299 e. The van der Waals surface area contributed by atoms with Gasteiger partial charge in [0.15, 0.2) is 0 Å². The first-order valence-electron chi connectivity index (χ1n) is 5.06. The van der Waals surface area contributed by atoms with E-state index in [1.807, 2.05) is 30.3 Å². The van der Waals surface area contributed by atoms with Crippen LogP contribution < -0.4 is 0 Å². The molecule has 90 valence electrons. The number of aliphatic hydroxyl groups is 1. The van der Waals surface area contributed by atoms with Crippen LogP contribution in [0.1, 0.15) is 12.0 Å². The maximum Gasteiger partial charge on any atom is 0.299 e. The number of allylic oxidation sites excluding steroid dienone is 2. The Hall–Kier alpha value is -1.43. The highest BCUT2D eigenvalue weighted by Gasteiger charge is 2.40. The van der Waals surface area contributed by atoms with Crippen LogP contribution in [0.5, 0.6) is 0 Å². The van der Waals surface area contributed by atoms with Gasteiger partial charge in [0.25, 0.3) is 10.1 Å². The van der Waals surface area contributed by atoms with E-state index >= 15 is 0 Å². The zero-order chi connectivity index (χ0) is 12.5. The lowest BCUT2D eigenvalue weighted by Gasteiger charge is -2.25. The van der Waals surface area contributed by atoms with E-state index < -0.39 is 15.1 Å². The Morgan fingerprint density at radius 2 is 1.82 bits per heavy atom. The van der Waals surface area contributed by atoms with Crippen LogP contribution in [0.3, 0.4) is 0 Å². The van der Waals surface area contributed by atoms with Crippen molar-refractivity contribution in [2.45, 2.75) is 11.4 Å². The van der Waals surface area contributed by atoms with Crippen LogP contribution in [0.4, 0.5) is 0 Å². The van der Waals surface area contributed by atoms with Crippen molar-refractivity contribution in [2.24, 2.45) is 0 Å². The van der Waals surface area contributed by atoms with Gasteiger partial charge in [-0.1, -0.05) is 42.5 Å². The van der Waals surface area contributed by atoms with Gasteiger partial charge in [0, 0.05) is 6.42 Å². The maximum absolute atomic E-state index is 11.1. The van der Waals surface area contributed by atoms with Gasteiger partial charge in [-0.25, -0.2) is 0 Å². The van der Waals surface area contributed by atoms with Gasteiger partial charge in [-0.3, -0.25) is 4.55 Å². The van der Waals surface area contributed by atoms with Crippen LogP contribution >= 0.6 is 0 Å². The Kier molecular flexibility index (Phi) is 2.91. The Balaban J connectivity index is 2.37. The van der Waals surface area contributed by atoms with E-state index in [0.29, 0.717) is 5.57 Å². The summed E-state index contributed by atoms with van der Waals surface area (Å²) < 4.78 is 31.2. The molecule has 0 heterocycles. The predicted octanol–water partition coefficient (Wildman–Crippen LogP) is 1.61. The summed E-state index contributed by atoms with van der Waals surface area (Å²) in [6, 6.07) is 9.12. The molecule has 0 spiro atoms. The van der Waals surface area contributed by atoms with Crippen LogP contribution in [-0.2, 0) is 10.1 Å². The highest BCUT2D eigenvalue weighted by molar-refractivity contribution is 7.87. The largest absolute Gasteiger partial charge is 0.369 e. The molecule has 2 N–H and O–H groups in total. The molecule has 1 aliphatic carbocycles. The standard InChI is InChI=1S/C12H12O4S/c13-12(17(14,15)16)8-4-7-11(9-12)10-5-2-1-3-6-10/h1-8,13H,9H2,(H,14,15,16). The van der Waals surface area contributed by atoms with Gasteiger partial charge in [-0.15, -0.1) is 0 Å². The summed E-state index contributed by atoms with van der Waals surface area (Å²) in [5.74, 6) is 0. The van der Waals surface area contributed by atoms with Gasteiger partial charge >= 0.3 is 0 Å². The molecular weight excluding hydrogens is 240 g/mol. The molecule has 1 atom stereocenters. The molecule has 1 unspecified atom stereocenters. The SMILES string of the molecule is O=S(=O)(O)C1(O)C=CC=C(c2ccccc2)C1. The molecule has 17 heavy (non-hydrogen) atoms. The lowest BCUT2D eigenvalue weighted by atomic mass is 9.95. The fourth-order valence-electron chi connectivity index (χ4n) is 1.73. The average molecular weight is 252 g/mol.